The zero-order valence-electron chi connectivity index (χ0n) is 11.5. The minimum absolute atomic E-state index is 0.418. The number of rotatable bonds is 2. The molecule has 0 aromatic heterocycles. The van der Waals surface area contributed by atoms with Crippen molar-refractivity contribution in [2.75, 3.05) is 5.32 Å². The first-order valence-corrected chi connectivity index (χ1v) is 8.35. The normalized spacial score (nSPS) is 25.4. The third-order valence-electron chi connectivity index (χ3n) is 4.56. The van der Waals surface area contributed by atoms with E-state index in [9.17, 15) is 0 Å². The van der Waals surface area contributed by atoms with Crippen molar-refractivity contribution in [3.63, 3.8) is 0 Å². The van der Waals surface area contributed by atoms with E-state index in [1.807, 2.05) is 0 Å². The Bertz CT molecular complexity index is 822. The van der Waals surface area contributed by atoms with Gasteiger partial charge in [-0.25, -0.2) is 0 Å². The molecule has 1 fully saturated rings. The molecule has 0 radical (unpaired) electrons. The lowest BCUT2D eigenvalue weighted by molar-refractivity contribution is 0.755. The molecule has 3 unspecified atom stereocenters. The van der Waals surface area contributed by atoms with E-state index in [1.54, 1.807) is 0 Å². The molecule has 21 heavy (non-hydrogen) atoms. The number of nitrogens with one attached hydrogen (secondary N) is 1. The molecule has 102 valence electrons. The first kappa shape index (κ1) is 11.7. The molecule has 1 saturated heterocycles. The Labute approximate surface area is 128 Å². The summed E-state index contributed by atoms with van der Waals surface area (Å²) < 4.78 is 0. The Kier molecular flexibility index (Phi) is 2.39. The molecule has 1 N–H and O–H groups in total. The highest BCUT2D eigenvalue weighted by Crippen LogP contribution is 2.65. The fourth-order valence-electron chi connectivity index (χ4n) is 3.57. The van der Waals surface area contributed by atoms with Gasteiger partial charge in [0.05, 0.1) is 6.04 Å². The molecule has 1 aliphatic carbocycles. The van der Waals surface area contributed by atoms with Crippen LogP contribution in [0.1, 0.15) is 22.4 Å². The first-order chi connectivity index (χ1) is 10.4. The Morgan fingerprint density at radius 1 is 0.762 bits per heavy atom. The van der Waals surface area contributed by atoms with E-state index < -0.39 is 0 Å². The molecule has 0 spiro atoms. The van der Waals surface area contributed by atoms with Gasteiger partial charge in [0.2, 0.25) is 0 Å². The van der Waals surface area contributed by atoms with Crippen LogP contribution in [0.15, 0.2) is 66.7 Å². The molecular formula is C19H15NS. The van der Waals surface area contributed by atoms with Crippen LogP contribution >= 0.6 is 11.8 Å². The van der Waals surface area contributed by atoms with E-state index in [0.29, 0.717) is 16.5 Å². The Morgan fingerprint density at radius 3 is 2.33 bits per heavy atom. The Balaban J connectivity index is 1.67. The van der Waals surface area contributed by atoms with E-state index in [1.165, 1.54) is 27.6 Å². The number of hydrogen-bond acceptors (Lipinski definition) is 2. The minimum atomic E-state index is 0.418. The summed E-state index contributed by atoms with van der Waals surface area (Å²) in [5.74, 6) is 0. The highest BCUT2D eigenvalue weighted by Gasteiger charge is 2.50. The number of benzene rings is 3. The summed E-state index contributed by atoms with van der Waals surface area (Å²) in [4.78, 5) is 0. The van der Waals surface area contributed by atoms with Crippen molar-refractivity contribution < 1.29 is 0 Å². The predicted octanol–water partition coefficient (Wildman–Crippen LogP) is 5.16. The zero-order chi connectivity index (χ0) is 13.8. The summed E-state index contributed by atoms with van der Waals surface area (Å²) in [5.41, 5.74) is 4.20. The SMILES string of the molecule is c1ccc(NC2c3cccc4cccc(c34)C3SC23)cc1. The summed E-state index contributed by atoms with van der Waals surface area (Å²) in [6.07, 6.45) is 0. The molecule has 2 aliphatic rings. The standard InChI is InChI=1S/C19H15NS/c1-2-8-13(9-3-1)20-17-14-10-4-6-12-7-5-11-15(16(12)14)18-19(17)21-18/h1-11,17-20H. The lowest BCUT2D eigenvalue weighted by Gasteiger charge is -2.26. The topological polar surface area (TPSA) is 12.0 Å². The minimum Gasteiger partial charge on any atom is -0.377 e. The fourth-order valence-corrected chi connectivity index (χ4v) is 4.84. The molecule has 0 bridgehead atoms. The third kappa shape index (κ3) is 1.72. The molecule has 1 heterocycles. The van der Waals surface area contributed by atoms with Crippen molar-refractivity contribution in [1.29, 1.82) is 0 Å². The van der Waals surface area contributed by atoms with Crippen molar-refractivity contribution in [1.82, 2.24) is 0 Å². The van der Waals surface area contributed by atoms with Gasteiger partial charge in [-0.15, -0.1) is 11.8 Å². The van der Waals surface area contributed by atoms with Gasteiger partial charge in [-0.05, 0) is 34.0 Å². The van der Waals surface area contributed by atoms with Crippen molar-refractivity contribution >= 4 is 28.2 Å². The van der Waals surface area contributed by atoms with Gasteiger partial charge in [0, 0.05) is 16.2 Å². The molecule has 2 heteroatoms. The number of thioether (sulfide) groups is 1. The maximum absolute atomic E-state index is 3.75. The molecule has 0 saturated carbocycles. The first-order valence-electron chi connectivity index (χ1n) is 7.40. The molecular weight excluding hydrogens is 274 g/mol. The second-order valence-electron chi connectivity index (χ2n) is 5.80. The third-order valence-corrected chi connectivity index (χ3v) is 5.95. The van der Waals surface area contributed by atoms with Crippen LogP contribution in [-0.4, -0.2) is 5.25 Å². The van der Waals surface area contributed by atoms with Crippen LogP contribution in [0.5, 0.6) is 0 Å². The Hall–Kier alpha value is -1.93. The van der Waals surface area contributed by atoms with Crippen molar-refractivity contribution in [2.24, 2.45) is 0 Å². The van der Waals surface area contributed by atoms with Crippen LogP contribution in [0, 0.1) is 0 Å². The van der Waals surface area contributed by atoms with Gasteiger partial charge in [-0.3, -0.25) is 0 Å². The van der Waals surface area contributed by atoms with Crippen molar-refractivity contribution in [2.45, 2.75) is 16.5 Å². The summed E-state index contributed by atoms with van der Waals surface area (Å²) in [6.45, 7) is 0. The van der Waals surface area contributed by atoms with Gasteiger partial charge < -0.3 is 5.32 Å². The Morgan fingerprint density at radius 2 is 1.52 bits per heavy atom. The lowest BCUT2D eigenvalue weighted by atomic mass is 9.85. The largest absolute Gasteiger partial charge is 0.377 e. The monoisotopic (exact) mass is 289 g/mol. The molecule has 0 amide bonds. The summed E-state index contributed by atoms with van der Waals surface area (Å²) in [7, 11) is 0. The average molecular weight is 289 g/mol. The van der Waals surface area contributed by atoms with Crippen LogP contribution in [0.3, 0.4) is 0 Å². The lowest BCUT2D eigenvalue weighted by Crippen LogP contribution is -2.20. The van der Waals surface area contributed by atoms with E-state index in [0.717, 1.165) is 0 Å². The van der Waals surface area contributed by atoms with Crippen LogP contribution in [-0.2, 0) is 0 Å². The second-order valence-corrected chi connectivity index (χ2v) is 7.13. The van der Waals surface area contributed by atoms with Crippen LogP contribution in [0.2, 0.25) is 0 Å². The van der Waals surface area contributed by atoms with E-state index in [-0.39, 0.29) is 0 Å². The maximum Gasteiger partial charge on any atom is 0.0652 e. The quantitative estimate of drug-likeness (QED) is 0.654. The van der Waals surface area contributed by atoms with Crippen LogP contribution in [0.25, 0.3) is 10.8 Å². The summed E-state index contributed by atoms with van der Waals surface area (Å²) >= 11 is 2.09. The zero-order valence-corrected chi connectivity index (χ0v) is 12.3. The van der Waals surface area contributed by atoms with Crippen molar-refractivity contribution in [3.8, 4) is 0 Å². The smallest absolute Gasteiger partial charge is 0.0652 e. The highest BCUT2D eigenvalue weighted by molar-refractivity contribution is 8.07. The van der Waals surface area contributed by atoms with Gasteiger partial charge >= 0.3 is 0 Å². The van der Waals surface area contributed by atoms with Crippen molar-refractivity contribution in [3.05, 3.63) is 77.9 Å². The molecule has 3 atom stereocenters. The molecule has 3 aromatic rings. The van der Waals surface area contributed by atoms with Crippen LogP contribution < -0.4 is 5.32 Å². The average Bonchev–Trinajstić information content (AvgIpc) is 3.33. The number of fused-ring (bicyclic) bond motifs is 2. The summed E-state index contributed by atoms with van der Waals surface area (Å²) in [5, 5.41) is 7.94. The fraction of sp³-hybridized carbons (Fsp3) is 0.158. The number of para-hydroxylation sites is 1. The molecule has 3 aromatic carbocycles. The number of anilines is 1. The number of hydrogen-bond donors (Lipinski definition) is 1. The molecule has 1 nitrogen and oxygen atoms in total. The highest BCUT2D eigenvalue weighted by atomic mass is 32.2. The molecule has 5 rings (SSSR count). The van der Waals surface area contributed by atoms with E-state index >= 15 is 0 Å². The maximum atomic E-state index is 3.75. The second kappa shape index (κ2) is 4.28. The van der Waals surface area contributed by atoms with Gasteiger partial charge in [-0.1, -0.05) is 54.6 Å². The van der Waals surface area contributed by atoms with Crippen LogP contribution in [0.4, 0.5) is 5.69 Å². The van der Waals surface area contributed by atoms with E-state index in [4.69, 9.17) is 0 Å². The molecule has 1 aliphatic heterocycles. The summed E-state index contributed by atoms with van der Waals surface area (Å²) in [6, 6.07) is 24.4. The van der Waals surface area contributed by atoms with Gasteiger partial charge in [0.1, 0.15) is 0 Å². The van der Waals surface area contributed by atoms with Gasteiger partial charge in [-0.2, -0.15) is 0 Å². The van der Waals surface area contributed by atoms with Gasteiger partial charge in [0.15, 0.2) is 0 Å². The van der Waals surface area contributed by atoms with E-state index in [2.05, 4.69) is 83.8 Å². The van der Waals surface area contributed by atoms with Gasteiger partial charge in [0.25, 0.3) is 0 Å². The predicted molar refractivity (Wildman–Crippen MR) is 90.9 cm³/mol.